The highest BCUT2D eigenvalue weighted by atomic mass is 19.4. The minimum absolute atomic E-state index is 0.0666. The molecule has 0 radical (unpaired) electrons. The van der Waals surface area contributed by atoms with Gasteiger partial charge >= 0.3 is 6.36 Å². The van der Waals surface area contributed by atoms with Crippen LogP contribution in [0.4, 0.5) is 24.7 Å². The molecule has 8 nitrogen and oxygen atoms in total. The Morgan fingerprint density at radius 1 is 1.13 bits per heavy atom. The molecule has 0 saturated carbocycles. The normalized spacial score (nSPS) is 12.3. The first-order valence-electron chi connectivity index (χ1n) is 9.14. The highest BCUT2D eigenvalue weighted by Crippen LogP contribution is 2.31. The van der Waals surface area contributed by atoms with Crippen LogP contribution in [0.3, 0.4) is 0 Å². The Bertz CT molecular complexity index is 988. The van der Waals surface area contributed by atoms with Crippen LogP contribution in [0.5, 0.6) is 5.75 Å². The topological polar surface area (TPSA) is 104 Å². The van der Waals surface area contributed by atoms with Gasteiger partial charge in [-0.1, -0.05) is 0 Å². The number of anilines is 2. The van der Waals surface area contributed by atoms with Gasteiger partial charge < -0.3 is 25.2 Å². The molecule has 0 fully saturated rings. The standard InChI is InChI=1S/C20H20F3N5O3/c1-28(6-7-29)18-17(14-9-24-12-25-10-14)8-13(11-26-18)19(30)27-15-2-4-16(5-3-15)31-20(21,22)23/h2-5,8-12,19,27,29-30H,6-7H2,1H3. The molecule has 1 unspecified atom stereocenters. The lowest BCUT2D eigenvalue weighted by Crippen LogP contribution is -2.23. The number of aliphatic hydroxyl groups excluding tert-OH is 2. The monoisotopic (exact) mass is 435 g/mol. The Balaban J connectivity index is 1.83. The summed E-state index contributed by atoms with van der Waals surface area (Å²) in [6.07, 6.45) is 0.0905. The van der Waals surface area contributed by atoms with Crippen LogP contribution in [0.15, 0.2) is 55.2 Å². The van der Waals surface area contributed by atoms with Crippen LogP contribution in [0.2, 0.25) is 0 Å². The maximum atomic E-state index is 12.3. The number of hydrogen-bond donors (Lipinski definition) is 3. The number of aliphatic hydroxyl groups is 2. The Labute approximate surface area is 176 Å². The zero-order chi connectivity index (χ0) is 22.4. The summed E-state index contributed by atoms with van der Waals surface area (Å²) in [6.45, 7) is 0.281. The lowest BCUT2D eigenvalue weighted by atomic mass is 10.1. The third-order valence-corrected chi connectivity index (χ3v) is 4.26. The van der Waals surface area contributed by atoms with Gasteiger partial charge in [-0.05, 0) is 30.3 Å². The number of halogens is 3. The summed E-state index contributed by atoms with van der Waals surface area (Å²) in [4.78, 5) is 14.2. The molecule has 3 rings (SSSR count). The Morgan fingerprint density at radius 3 is 2.42 bits per heavy atom. The molecule has 0 saturated heterocycles. The maximum absolute atomic E-state index is 12.3. The number of likely N-dealkylation sites (N-methyl/N-ethyl adjacent to an activating group) is 1. The molecule has 0 aliphatic heterocycles. The molecular weight excluding hydrogens is 415 g/mol. The van der Waals surface area contributed by atoms with Crippen molar-refractivity contribution in [3.63, 3.8) is 0 Å². The zero-order valence-corrected chi connectivity index (χ0v) is 16.4. The maximum Gasteiger partial charge on any atom is 0.573 e. The highest BCUT2D eigenvalue weighted by molar-refractivity contribution is 5.75. The predicted octanol–water partition coefficient (Wildman–Crippen LogP) is 2.97. The first-order chi connectivity index (χ1) is 14.8. The smallest absolute Gasteiger partial charge is 0.406 e. The van der Waals surface area contributed by atoms with Crippen molar-refractivity contribution in [3.05, 3.63) is 60.8 Å². The Morgan fingerprint density at radius 2 is 1.81 bits per heavy atom. The minimum Gasteiger partial charge on any atom is -0.406 e. The fraction of sp³-hybridized carbons (Fsp3) is 0.250. The van der Waals surface area contributed by atoms with Crippen molar-refractivity contribution < 1.29 is 28.1 Å². The lowest BCUT2D eigenvalue weighted by Gasteiger charge is -2.22. The van der Waals surface area contributed by atoms with E-state index in [4.69, 9.17) is 0 Å². The second-order valence-electron chi connectivity index (χ2n) is 6.53. The summed E-state index contributed by atoms with van der Waals surface area (Å²) < 4.78 is 40.7. The number of pyridine rings is 1. The second kappa shape index (κ2) is 9.58. The number of alkyl halides is 3. The van der Waals surface area contributed by atoms with E-state index >= 15 is 0 Å². The molecule has 1 atom stereocenters. The largest absolute Gasteiger partial charge is 0.573 e. The Hall–Kier alpha value is -3.44. The quantitative estimate of drug-likeness (QED) is 0.464. The van der Waals surface area contributed by atoms with E-state index in [9.17, 15) is 23.4 Å². The summed E-state index contributed by atoms with van der Waals surface area (Å²) in [6, 6.07) is 6.69. The molecule has 11 heteroatoms. The van der Waals surface area contributed by atoms with E-state index in [-0.39, 0.29) is 12.4 Å². The van der Waals surface area contributed by atoms with Crippen molar-refractivity contribution in [1.82, 2.24) is 15.0 Å². The number of aromatic nitrogens is 3. The molecule has 1 aromatic carbocycles. The van der Waals surface area contributed by atoms with Gasteiger partial charge in [0.2, 0.25) is 0 Å². The average Bonchev–Trinajstić information content (AvgIpc) is 2.74. The van der Waals surface area contributed by atoms with Crippen molar-refractivity contribution in [2.24, 2.45) is 0 Å². The highest BCUT2D eigenvalue weighted by Gasteiger charge is 2.31. The van der Waals surface area contributed by atoms with Crippen molar-refractivity contribution in [3.8, 4) is 16.9 Å². The van der Waals surface area contributed by atoms with Crippen molar-refractivity contribution in [2.45, 2.75) is 12.6 Å². The van der Waals surface area contributed by atoms with Crippen LogP contribution >= 0.6 is 0 Å². The molecular formula is C20H20F3N5O3. The summed E-state index contributed by atoms with van der Waals surface area (Å²) in [5.74, 6) is 0.199. The third kappa shape index (κ3) is 6.03. The molecule has 0 aliphatic carbocycles. The van der Waals surface area contributed by atoms with Crippen LogP contribution < -0.4 is 15.0 Å². The number of ether oxygens (including phenoxy) is 1. The van der Waals surface area contributed by atoms with Crippen LogP contribution in [0.1, 0.15) is 11.8 Å². The minimum atomic E-state index is -4.78. The van der Waals surface area contributed by atoms with Gasteiger partial charge in [0.05, 0.1) is 6.61 Å². The SMILES string of the molecule is CN(CCO)c1ncc(C(O)Nc2ccc(OC(F)(F)F)cc2)cc1-c1cncnc1. The first kappa shape index (κ1) is 22.2. The molecule has 164 valence electrons. The van der Waals surface area contributed by atoms with Crippen LogP contribution in [-0.2, 0) is 0 Å². The molecule has 3 N–H and O–H groups in total. The van der Waals surface area contributed by atoms with E-state index in [1.165, 1.54) is 24.7 Å². The molecule has 2 heterocycles. The predicted molar refractivity (Wildman–Crippen MR) is 107 cm³/mol. The summed E-state index contributed by atoms with van der Waals surface area (Å²) in [5, 5.41) is 22.6. The van der Waals surface area contributed by atoms with Gasteiger partial charge in [-0.2, -0.15) is 0 Å². The third-order valence-electron chi connectivity index (χ3n) is 4.26. The molecule has 2 aromatic heterocycles. The van der Waals surface area contributed by atoms with Gasteiger partial charge in [-0.15, -0.1) is 13.2 Å². The molecule has 0 amide bonds. The number of nitrogens with zero attached hydrogens (tertiary/aromatic N) is 4. The van der Waals surface area contributed by atoms with Gasteiger partial charge in [0.15, 0.2) is 6.23 Å². The van der Waals surface area contributed by atoms with E-state index in [1.807, 2.05) is 0 Å². The van der Waals surface area contributed by atoms with Gasteiger partial charge in [-0.25, -0.2) is 15.0 Å². The summed E-state index contributed by atoms with van der Waals surface area (Å²) in [7, 11) is 1.77. The summed E-state index contributed by atoms with van der Waals surface area (Å²) >= 11 is 0. The number of hydrogen-bond acceptors (Lipinski definition) is 8. The van der Waals surface area contributed by atoms with E-state index in [0.29, 0.717) is 34.7 Å². The van der Waals surface area contributed by atoms with E-state index in [1.54, 1.807) is 30.4 Å². The van der Waals surface area contributed by atoms with E-state index in [0.717, 1.165) is 12.1 Å². The van der Waals surface area contributed by atoms with Crippen molar-refractivity contribution >= 4 is 11.5 Å². The van der Waals surface area contributed by atoms with Crippen molar-refractivity contribution in [1.29, 1.82) is 0 Å². The van der Waals surface area contributed by atoms with E-state index in [2.05, 4.69) is 25.0 Å². The van der Waals surface area contributed by atoms with Crippen molar-refractivity contribution in [2.75, 3.05) is 30.4 Å². The zero-order valence-electron chi connectivity index (χ0n) is 16.4. The number of rotatable bonds is 8. The number of benzene rings is 1. The molecule has 3 aromatic rings. The fourth-order valence-electron chi connectivity index (χ4n) is 2.83. The Kier molecular flexibility index (Phi) is 6.88. The van der Waals surface area contributed by atoms with Gasteiger partial charge in [0.25, 0.3) is 0 Å². The van der Waals surface area contributed by atoms with Gasteiger partial charge in [-0.3, -0.25) is 0 Å². The molecule has 0 bridgehead atoms. The van der Waals surface area contributed by atoms with E-state index < -0.39 is 12.6 Å². The first-order valence-corrected chi connectivity index (χ1v) is 9.14. The van der Waals surface area contributed by atoms with Crippen LogP contribution in [0, 0.1) is 0 Å². The van der Waals surface area contributed by atoms with Gasteiger partial charge in [0, 0.05) is 54.6 Å². The molecule has 31 heavy (non-hydrogen) atoms. The molecule has 0 spiro atoms. The summed E-state index contributed by atoms with van der Waals surface area (Å²) in [5.41, 5.74) is 2.10. The van der Waals surface area contributed by atoms with Crippen LogP contribution in [-0.4, -0.2) is 51.7 Å². The van der Waals surface area contributed by atoms with Crippen LogP contribution in [0.25, 0.3) is 11.1 Å². The fourth-order valence-corrected chi connectivity index (χ4v) is 2.83. The second-order valence-corrected chi connectivity index (χ2v) is 6.53. The lowest BCUT2D eigenvalue weighted by molar-refractivity contribution is -0.274. The van der Waals surface area contributed by atoms with Gasteiger partial charge in [0.1, 0.15) is 17.9 Å². The molecule has 0 aliphatic rings. The average molecular weight is 435 g/mol. The number of nitrogens with one attached hydrogen (secondary N) is 1.